The second-order valence-corrected chi connectivity index (χ2v) is 7.85. The normalized spacial score (nSPS) is 15.0. The number of benzene rings is 1. The number of phenols is 1. The number of carbonyl (C=O) groups is 1. The number of hydrogen-bond donors (Lipinski definition) is 2. The highest BCUT2D eigenvalue weighted by Crippen LogP contribution is 2.22. The summed E-state index contributed by atoms with van der Waals surface area (Å²) in [5, 5.41) is 19.2. The molecular formula is C28H34N2O3. The fourth-order valence-corrected chi connectivity index (χ4v) is 3.40. The lowest BCUT2D eigenvalue weighted by Crippen LogP contribution is -2.50. The lowest BCUT2D eigenvalue weighted by atomic mass is 9.99. The molecule has 5 nitrogen and oxygen atoms in total. The minimum atomic E-state index is -0.728. The maximum absolute atomic E-state index is 10.9. The molecule has 3 rings (SSSR count). The molecule has 33 heavy (non-hydrogen) atoms. The van der Waals surface area contributed by atoms with Gasteiger partial charge in [-0.1, -0.05) is 68.5 Å². The van der Waals surface area contributed by atoms with Gasteiger partial charge >= 0.3 is 5.97 Å². The third-order valence-corrected chi connectivity index (χ3v) is 5.28. The Balaban J connectivity index is 0.00000187. The van der Waals surface area contributed by atoms with E-state index in [1.54, 1.807) is 18.3 Å². The highest BCUT2D eigenvalue weighted by molar-refractivity contribution is 5.71. The highest BCUT2D eigenvalue weighted by Gasteiger charge is 2.32. The van der Waals surface area contributed by atoms with E-state index >= 15 is 0 Å². The minimum absolute atomic E-state index is 0.243. The van der Waals surface area contributed by atoms with Crippen LogP contribution in [0, 0.1) is 5.92 Å². The maximum atomic E-state index is 10.9. The predicted octanol–water partition coefficient (Wildman–Crippen LogP) is 5.49. The average Bonchev–Trinajstić information content (AvgIpc) is 2.80. The number of nitrogens with zero attached hydrogens (tertiary/aromatic N) is 2. The summed E-state index contributed by atoms with van der Waals surface area (Å²) in [5.74, 6) is -0.742. The molecule has 1 saturated heterocycles. The summed E-state index contributed by atoms with van der Waals surface area (Å²) >= 11 is 0. The van der Waals surface area contributed by atoms with E-state index in [-0.39, 0.29) is 11.7 Å². The second kappa shape index (κ2) is 13.2. The first-order chi connectivity index (χ1) is 15.9. The molecule has 0 aliphatic carbocycles. The molecule has 0 spiro atoms. The van der Waals surface area contributed by atoms with Crippen LogP contribution >= 0.6 is 0 Å². The number of phenolic OH excluding ortho intramolecular Hbond substituents is 1. The predicted molar refractivity (Wildman–Crippen MR) is 135 cm³/mol. The first-order valence-electron chi connectivity index (χ1n) is 11.3. The molecule has 0 bridgehead atoms. The third-order valence-electron chi connectivity index (χ3n) is 5.28. The van der Waals surface area contributed by atoms with E-state index in [4.69, 9.17) is 5.11 Å². The summed E-state index contributed by atoms with van der Waals surface area (Å²) in [4.78, 5) is 17.2. The zero-order valence-electron chi connectivity index (χ0n) is 19.7. The molecule has 1 aliphatic heterocycles. The number of pyridine rings is 1. The molecule has 2 heterocycles. The molecule has 5 heteroatoms. The quantitative estimate of drug-likeness (QED) is 0.498. The van der Waals surface area contributed by atoms with Gasteiger partial charge in [-0.2, -0.15) is 0 Å². The summed E-state index contributed by atoms with van der Waals surface area (Å²) < 4.78 is 0. The standard InChI is InChI=1S/C26H28N2O3.C2H6/c1-3-20(16-28-17-24(18-28)26(30)31)8-6-19(2)7-10-23-14-21(9-11-25(23)29)13-22-5-4-12-27-15-22;1-2/h3-12,14-15,24,29H,1,13,16-18H2,2H3,(H,30,31);1-2H3/b10-7+,19-6+,20-8+;. The molecule has 0 radical (unpaired) electrons. The molecule has 1 aliphatic rings. The zero-order chi connectivity index (χ0) is 24.2. The largest absolute Gasteiger partial charge is 0.507 e. The number of aliphatic carboxylic acids is 1. The van der Waals surface area contributed by atoms with Crippen molar-refractivity contribution in [1.29, 1.82) is 0 Å². The van der Waals surface area contributed by atoms with Gasteiger partial charge in [-0.15, -0.1) is 0 Å². The van der Waals surface area contributed by atoms with Crippen LogP contribution in [0.25, 0.3) is 6.08 Å². The first-order valence-corrected chi connectivity index (χ1v) is 11.3. The topological polar surface area (TPSA) is 73.7 Å². The summed E-state index contributed by atoms with van der Waals surface area (Å²) in [7, 11) is 0. The molecule has 1 aromatic heterocycles. The van der Waals surface area contributed by atoms with Crippen LogP contribution in [-0.4, -0.2) is 45.7 Å². The lowest BCUT2D eigenvalue weighted by Gasteiger charge is -2.36. The molecule has 0 atom stereocenters. The smallest absolute Gasteiger partial charge is 0.309 e. The van der Waals surface area contributed by atoms with Crippen LogP contribution in [0.3, 0.4) is 0 Å². The number of aromatic hydroxyl groups is 1. The Bertz CT molecular complexity index is 1020. The van der Waals surface area contributed by atoms with Crippen molar-refractivity contribution in [2.75, 3.05) is 19.6 Å². The Kier molecular flexibility index (Phi) is 10.3. The Morgan fingerprint density at radius 1 is 1.21 bits per heavy atom. The molecule has 2 aromatic rings. The summed E-state index contributed by atoms with van der Waals surface area (Å²) in [5.41, 5.74) is 5.07. The third kappa shape index (κ3) is 8.20. The minimum Gasteiger partial charge on any atom is -0.507 e. The van der Waals surface area contributed by atoms with Gasteiger partial charge in [0, 0.05) is 37.6 Å². The van der Waals surface area contributed by atoms with Crippen LogP contribution in [0.15, 0.2) is 84.8 Å². The summed E-state index contributed by atoms with van der Waals surface area (Å²) in [6.45, 7) is 11.7. The highest BCUT2D eigenvalue weighted by atomic mass is 16.4. The monoisotopic (exact) mass is 446 g/mol. The number of carboxylic acid groups (broad SMARTS) is 1. The van der Waals surface area contributed by atoms with Crippen molar-refractivity contribution in [2.45, 2.75) is 27.2 Å². The molecule has 2 N–H and O–H groups in total. The lowest BCUT2D eigenvalue weighted by molar-refractivity contribution is -0.147. The van der Waals surface area contributed by atoms with Crippen LogP contribution in [0.2, 0.25) is 0 Å². The van der Waals surface area contributed by atoms with Gasteiger partial charge in [0.25, 0.3) is 0 Å². The van der Waals surface area contributed by atoms with Crippen LogP contribution in [0.5, 0.6) is 5.75 Å². The fraction of sp³-hybridized carbons (Fsp3) is 0.286. The first kappa shape index (κ1) is 25.8. The SMILES string of the molecule is C=C\C(=C/C=C(C)/C=C/c1cc(Cc2cccnc2)ccc1O)CN1CC(C(=O)O)C1.CC. The van der Waals surface area contributed by atoms with Gasteiger partial charge in [0.15, 0.2) is 0 Å². The van der Waals surface area contributed by atoms with Crippen molar-refractivity contribution >= 4 is 12.0 Å². The van der Waals surface area contributed by atoms with Gasteiger partial charge in [-0.05, 0) is 48.2 Å². The fourth-order valence-electron chi connectivity index (χ4n) is 3.40. The number of hydrogen-bond acceptors (Lipinski definition) is 4. The Hall–Kier alpha value is -3.44. The molecule has 0 amide bonds. The number of carboxylic acids is 1. The van der Waals surface area contributed by atoms with E-state index < -0.39 is 5.97 Å². The van der Waals surface area contributed by atoms with E-state index in [0.717, 1.165) is 34.3 Å². The Morgan fingerprint density at radius 2 is 1.97 bits per heavy atom. The number of allylic oxidation sites excluding steroid dienone is 4. The van der Waals surface area contributed by atoms with Crippen molar-refractivity contribution in [3.63, 3.8) is 0 Å². The summed E-state index contributed by atoms with van der Waals surface area (Å²) in [6, 6.07) is 9.58. The van der Waals surface area contributed by atoms with Crippen molar-refractivity contribution in [3.05, 3.63) is 101 Å². The van der Waals surface area contributed by atoms with Gasteiger partial charge in [-0.3, -0.25) is 14.7 Å². The van der Waals surface area contributed by atoms with Gasteiger partial charge in [0.05, 0.1) is 5.92 Å². The molecule has 174 valence electrons. The van der Waals surface area contributed by atoms with Gasteiger partial charge in [-0.25, -0.2) is 0 Å². The van der Waals surface area contributed by atoms with Gasteiger partial charge in [0.2, 0.25) is 0 Å². The van der Waals surface area contributed by atoms with E-state index in [2.05, 4.69) is 16.5 Å². The van der Waals surface area contributed by atoms with E-state index in [9.17, 15) is 9.90 Å². The van der Waals surface area contributed by atoms with Crippen molar-refractivity contribution in [1.82, 2.24) is 9.88 Å². The van der Waals surface area contributed by atoms with Crippen molar-refractivity contribution in [3.8, 4) is 5.75 Å². The van der Waals surface area contributed by atoms with Crippen LogP contribution in [0.4, 0.5) is 0 Å². The molecule has 1 aromatic carbocycles. The second-order valence-electron chi connectivity index (χ2n) is 7.85. The zero-order valence-corrected chi connectivity index (χ0v) is 19.7. The number of aromatic nitrogens is 1. The molecular weight excluding hydrogens is 412 g/mol. The summed E-state index contributed by atoms with van der Waals surface area (Å²) in [6.07, 6.45) is 14.0. The van der Waals surface area contributed by atoms with Gasteiger partial charge in [0.1, 0.15) is 5.75 Å². The van der Waals surface area contributed by atoms with Crippen LogP contribution < -0.4 is 0 Å². The van der Waals surface area contributed by atoms with Crippen LogP contribution in [0.1, 0.15) is 37.5 Å². The number of likely N-dealkylation sites (tertiary alicyclic amines) is 1. The average molecular weight is 447 g/mol. The van der Waals surface area contributed by atoms with E-state index in [1.165, 1.54) is 0 Å². The molecule has 0 saturated carbocycles. The number of rotatable bonds is 9. The van der Waals surface area contributed by atoms with E-state index in [1.807, 2.05) is 75.5 Å². The van der Waals surface area contributed by atoms with Crippen molar-refractivity contribution < 1.29 is 15.0 Å². The molecule has 0 unspecified atom stereocenters. The van der Waals surface area contributed by atoms with Crippen LogP contribution in [-0.2, 0) is 11.2 Å². The Morgan fingerprint density at radius 3 is 2.61 bits per heavy atom. The molecule has 1 fully saturated rings. The van der Waals surface area contributed by atoms with Gasteiger partial charge < -0.3 is 10.2 Å². The van der Waals surface area contributed by atoms with Crippen molar-refractivity contribution in [2.24, 2.45) is 5.92 Å². The Labute approximate surface area is 197 Å². The maximum Gasteiger partial charge on any atom is 0.309 e. The van der Waals surface area contributed by atoms with E-state index in [0.29, 0.717) is 19.6 Å².